The standard InChI is InChI=1S/C21H25N3O2/c1-15(22-13-17-12-19(25-3)10-11-21(17)26-4)20-14-23-24(16(20)2)18-8-6-5-7-9-18/h5-12,14-15,22H,13H2,1-4H3/t15-/m0/s1. The van der Waals surface area contributed by atoms with Crippen LogP contribution in [0, 0.1) is 6.92 Å². The summed E-state index contributed by atoms with van der Waals surface area (Å²) >= 11 is 0. The minimum absolute atomic E-state index is 0.156. The molecule has 136 valence electrons. The van der Waals surface area contributed by atoms with Gasteiger partial charge in [0.1, 0.15) is 11.5 Å². The average Bonchev–Trinajstić information content (AvgIpc) is 3.08. The van der Waals surface area contributed by atoms with Crippen molar-refractivity contribution >= 4 is 0 Å². The van der Waals surface area contributed by atoms with Gasteiger partial charge in [0.25, 0.3) is 0 Å². The zero-order chi connectivity index (χ0) is 18.5. The molecule has 1 heterocycles. The van der Waals surface area contributed by atoms with Crippen molar-refractivity contribution in [3.8, 4) is 17.2 Å². The first-order valence-corrected chi connectivity index (χ1v) is 8.68. The normalized spacial score (nSPS) is 12.0. The Morgan fingerprint density at radius 1 is 1.08 bits per heavy atom. The number of hydrogen-bond donors (Lipinski definition) is 1. The molecule has 0 saturated carbocycles. The summed E-state index contributed by atoms with van der Waals surface area (Å²) in [6, 6.07) is 16.2. The van der Waals surface area contributed by atoms with Crippen molar-refractivity contribution in [2.75, 3.05) is 14.2 Å². The van der Waals surface area contributed by atoms with E-state index >= 15 is 0 Å². The van der Waals surface area contributed by atoms with Crippen LogP contribution in [0.4, 0.5) is 0 Å². The molecule has 3 rings (SSSR count). The number of methoxy groups -OCH3 is 2. The zero-order valence-corrected chi connectivity index (χ0v) is 15.7. The summed E-state index contributed by atoms with van der Waals surface area (Å²) in [5.41, 5.74) is 4.44. The van der Waals surface area contributed by atoms with Crippen LogP contribution in [0.15, 0.2) is 54.7 Å². The topological polar surface area (TPSA) is 48.3 Å². The summed E-state index contributed by atoms with van der Waals surface area (Å²) < 4.78 is 12.7. The summed E-state index contributed by atoms with van der Waals surface area (Å²) in [5.74, 6) is 1.67. The fraction of sp³-hybridized carbons (Fsp3) is 0.286. The first-order chi connectivity index (χ1) is 12.6. The molecule has 0 aliphatic carbocycles. The van der Waals surface area contributed by atoms with Gasteiger partial charge in [0.15, 0.2) is 0 Å². The van der Waals surface area contributed by atoms with Gasteiger partial charge in [0.05, 0.1) is 26.1 Å². The monoisotopic (exact) mass is 351 g/mol. The Morgan fingerprint density at radius 3 is 2.54 bits per heavy atom. The minimum Gasteiger partial charge on any atom is -0.497 e. The van der Waals surface area contributed by atoms with Crippen molar-refractivity contribution in [3.63, 3.8) is 0 Å². The van der Waals surface area contributed by atoms with E-state index in [1.807, 2.05) is 47.3 Å². The molecule has 5 nitrogen and oxygen atoms in total. The highest BCUT2D eigenvalue weighted by Gasteiger charge is 2.15. The maximum absolute atomic E-state index is 5.46. The van der Waals surface area contributed by atoms with Crippen LogP contribution in [0.25, 0.3) is 5.69 Å². The Morgan fingerprint density at radius 2 is 1.85 bits per heavy atom. The lowest BCUT2D eigenvalue weighted by Crippen LogP contribution is -2.19. The highest BCUT2D eigenvalue weighted by atomic mass is 16.5. The van der Waals surface area contributed by atoms with Gasteiger partial charge in [0, 0.05) is 29.4 Å². The molecule has 0 aliphatic rings. The van der Waals surface area contributed by atoms with Gasteiger partial charge in [-0.05, 0) is 44.2 Å². The maximum Gasteiger partial charge on any atom is 0.123 e. The number of benzene rings is 2. The third kappa shape index (κ3) is 3.73. The van der Waals surface area contributed by atoms with Gasteiger partial charge in [-0.2, -0.15) is 5.10 Å². The molecule has 0 amide bonds. The van der Waals surface area contributed by atoms with Crippen LogP contribution in [0.3, 0.4) is 0 Å². The van der Waals surface area contributed by atoms with Crippen molar-refractivity contribution in [2.45, 2.75) is 26.4 Å². The van der Waals surface area contributed by atoms with Crippen molar-refractivity contribution < 1.29 is 9.47 Å². The largest absolute Gasteiger partial charge is 0.497 e. The molecule has 0 unspecified atom stereocenters. The number of hydrogen-bond acceptors (Lipinski definition) is 4. The number of nitrogens with one attached hydrogen (secondary N) is 1. The van der Waals surface area contributed by atoms with Crippen LogP contribution in [0.2, 0.25) is 0 Å². The molecule has 0 radical (unpaired) electrons. The van der Waals surface area contributed by atoms with Crippen LogP contribution in [-0.4, -0.2) is 24.0 Å². The van der Waals surface area contributed by atoms with Crippen molar-refractivity contribution in [1.29, 1.82) is 0 Å². The van der Waals surface area contributed by atoms with Gasteiger partial charge in [-0.1, -0.05) is 18.2 Å². The SMILES string of the molecule is COc1ccc(OC)c(CN[C@@H](C)c2cnn(-c3ccccc3)c2C)c1. The molecule has 5 heteroatoms. The first-order valence-electron chi connectivity index (χ1n) is 8.68. The number of rotatable bonds is 7. The van der Waals surface area contributed by atoms with E-state index in [9.17, 15) is 0 Å². The molecule has 1 aromatic heterocycles. The zero-order valence-electron chi connectivity index (χ0n) is 15.7. The molecule has 1 atom stereocenters. The van der Waals surface area contributed by atoms with E-state index in [2.05, 4.69) is 36.4 Å². The smallest absolute Gasteiger partial charge is 0.123 e. The fourth-order valence-corrected chi connectivity index (χ4v) is 3.07. The molecule has 0 aliphatic heterocycles. The summed E-state index contributed by atoms with van der Waals surface area (Å²) in [6.07, 6.45) is 1.93. The molecule has 1 N–H and O–H groups in total. The van der Waals surface area contributed by atoms with Gasteiger partial charge in [-0.25, -0.2) is 4.68 Å². The van der Waals surface area contributed by atoms with Gasteiger partial charge in [-0.3, -0.25) is 0 Å². The van der Waals surface area contributed by atoms with E-state index < -0.39 is 0 Å². The van der Waals surface area contributed by atoms with E-state index in [1.165, 1.54) is 5.56 Å². The van der Waals surface area contributed by atoms with Crippen LogP contribution in [-0.2, 0) is 6.54 Å². The van der Waals surface area contributed by atoms with E-state index in [4.69, 9.17) is 9.47 Å². The Labute approximate surface area is 154 Å². The van der Waals surface area contributed by atoms with E-state index in [1.54, 1.807) is 14.2 Å². The highest BCUT2D eigenvalue weighted by Crippen LogP contribution is 2.25. The second-order valence-electron chi connectivity index (χ2n) is 6.21. The third-order valence-electron chi connectivity index (χ3n) is 4.60. The molecule has 0 saturated heterocycles. The molecule has 2 aromatic carbocycles. The Balaban J connectivity index is 1.75. The van der Waals surface area contributed by atoms with Gasteiger partial charge in [0.2, 0.25) is 0 Å². The molecular weight excluding hydrogens is 326 g/mol. The van der Waals surface area contributed by atoms with Crippen LogP contribution in [0.1, 0.15) is 29.8 Å². The molecule has 26 heavy (non-hydrogen) atoms. The number of nitrogens with zero attached hydrogens (tertiary/aromatic N) is 2. The summed E-state index contributed by atoms with van der Waals surface area (Å²) in [7, 11) is 3.35. The van der Waals surface area contributed by atoms with E-state index in [-0.39, 0.29) is 6.04 Å². The van der Waals surface area contributed by atoms with E-state index in [0.29, 0.717) is 6.54 Å². The van der Waals surface area contributed by atoms with Gasteiger partial charge in [-0.15, -0.1) is 0 Å². The molecule has 3 aromatic rings. The first kappa shape index (κ1) is 18.0. The number of aromatic nitrogens is 2. The summed E-state index contributed by atoms with van der Waals surface area (Å²) in [6.45, 7) is 4.92. The lowest BCUT2D eigenvalue weighted by atomic mass is 10.1. The molecule has 0 fully saturated rings. The predicted octanol–water partition coefficient (Wildman–Crippen LogP) is 4.05. The van der Waals surface area contributed by atoms with E-state index in [0.717, 1.165) is 28.4 Å². The molecule has 0 spiro atoms. The Kier molecular flexibility index (Phi) is 5.58. The second kappa shape index (κ2) is 8.06. The minimum atomic E-state index is 0.156. The van der Waals surface area contributed by atoms with Crippen molar-refractivity contribution in [3.05, 3.63) is 71.5 Å². The van der Waals surface area contributed by atoms with Crippen LogP contribution >= 0.6 is 0 Å². The number of ether oxygens (including phenoxy) is 2. The average molecular weight is 351 g/mol. The summed E-state index contributed by atoms with van der Waals surface area (Å²) in [5, 5.41) is 8.11. The van der Waals surface area contributed by atoms with Gasteiger partial charge >= 0.3 is 0 Å². The lowest BCUT2D eigenvalue weighted by molar-refractivity contribution is 0.395. The predicted molar refractivity (Wildman–Crippen MR) is 103 cm³/mol. The second-order valence-corrected chi connectivity index (χ2v) is 6.21. The number of para-hydroxylation sites is 1. The highest BCUT2D eigenvalue weighted by molar-refractivity contribution is 5.40. The summed E-state index contributed by atoms with van der Waals surface area (Å²) in [4.78, 5) is 0. The fourth-order valence-electron chi connectivity index (χ4n) is 3.07. The molecule has 0 bridgehead atoms. The Bertz CT molecular complexity index is 859. The quantitative estimate of drug-likeness (QED) is 0.698. The maximum atomic E-state index is 5.46. The lowest BCUT2D eigenvalue weighted by Gasteiger charge is -2.16. The van der Waals surface area contributed by atoms with Crippen LogP contribution in [0.5, 0.6) is 11.5 Å². The van der Waals surface area contributed by atoms with Gasteiger partial charge < -0.3 is 14.8 Å². The Hall–Kier alpha value is -2.79. The third-order valence-corrected chi connectivity index (χ3v) is 4.60. The van der Waals surface area contributed by atoms with Crippen molar-refractivity contribution in [2.24, 2.45) is 0 Å². The van der Waals surface area contributed by atoms with Crippen LogP contribution < -0.4 is 14.8 Å². The molecular formula is C21H25N3O2. The van der Waals surface area contributed by atoms with Crippen molar-refractivity contribution in [1.82, 2.24) is 15.1 Å².